The van der Waals surface area contributed by atoms with Crippen LogP contribution in [0.15, 0.2) is 12.2 Å². The van der Waals surface area contributed by atoms with Gasteiger partial charge in [0.1, 0.15) is 0 Å². The van der Waals surface area contributed by atoms with Crippen molar-refractivity contribution in [2.45, 2.75) is 39.1 Å². The number of hydrogen-bond donors (Lipinski definition) is 1. The minimum Gasteiger partial charge on any atom is -0.479 e. The monoisotopic (exact) mass is 202 g/mol. The second-order valence-electron chi connectivity index (χ2n) is 4.13. The zero-order chi connectivity index (χ0) is 10.7. The van der Waals surface area contributed by atoms with Crippen molar-refractivity contribution in [2.24, 2.45) is 0 Å². The van der Waals surface area contributed by atoms with Gasteiger partial charge in [-0.25, -0.2) is 4.79 Å². The first-order chi connectivity index (χ1) is 5.71. The molecule has 0 heterocycles. The molecule has 76 valence electrons. The number of carbonyl (C=O) groups is 1. The van der Waals surface area contributed by atoms with Gasteiger partial charge < -0.3 is 9.53 Å². The summed E-state index contributed by atoms with van der Waals surface area (Å²) >= 11 is 0. The van der Waals surface area contributed by atoms with Gasteiger partial charge in [0, 0.05) is 0 Å². The van der Waals surface area contributed by atoms with Gasteiger partial charge in [0.2, 0.25) is 0 Å². The molecule has 0 aliphatic carbocycles. The molecule has 0 amide bonds. The molecule has 0 spiro atoms. The Bertz CT molecular complexity index is 217. The number of aliphatic carboxylic acids is 1. The van der Waals surface area contributed by atoms with Crippen LogP contribution in [0.5, 0.6) is 0 Å². The highest BCUT2D eigenvalue weighted by molar-refractivity contribution is 6.70. The van der Waals surface area contributed by atoms with Gasteiger partial charge in [0.15, 0.2) is 13.9 Å². The Morgan fingerprint density at radius 2 is 1.92 bits per heavy atom. The van der Waals surface area contributed by atoms with Crippen molar-refractivity contribution in [3.05, 3.63) is 12.2 Å². The maximum Gasteiger partial charge on any atom is 0.338 e. The van der Waals surface area contributed by atoms with Crippen LogP contribution in [0.2, 0.25) is 19.6 Å². The molecular weight excluding hydrogens is 184 g/mol. The van der Waals surface area contributed by atoms with Crippen molar-refractivity contribution >= 4 is 14.3 Å². The molecule has 0 fully saturated rings. The van der Waals surface area contributed by atoms with E-state index in [1.165, 1.54) is 0 Å². The Morgan fingerprint density at radius 1 is 1.46 bits per heavy atom. The number of hydrogen-bond acceptors (Lipinski definition) is 2. The average molecular weight is 202 g/mol. The topological polar surface area (TPSA) is 46.5 Å². The molecule has 0 aromatic rings. The highest BCUT2D eigenvalue weighted by Gasteiger charge is 2.35. The molecule has 3 nitrogen and oxygen atoms in total. The highest BCUT2D eigenvalue weighted by atomic mass is 28.4. The van der Waals surface area contributed by atoms with Gasteiger partial charge in [-0.3, -0.25) is 0 Å². The number of rotatable bonds is 4. The van der Waals surface area contributed by atoms with Gasteiger partial charge in [-0.2, -0.15) is 0 Å². The number of carboxylic acid groups (broad SMARTS) is 1. The van der Waals surface area contributed by atoms with Gasteiger partial charge in [0.05, 0.1) is 0 Å². The molecule has 0 bridgehead atoms. The normalized spacial score (nSPS) is 17.3. The van der Waals surface area contributed by atoms with E-state index in [-0.39, 0.29) is 0 Å². The molecule has 1 unspecified atom stereocenters. The Kier molecular flexibility index (Phi) is 3.87. The quantitative estimate of drug-likeness (QED) is 0.562. The van der Waals surface area contributed by atoms with Crippen LogP contribution in [0.4, 0.5) is 0 Å². The first-order valence-corrected chi connectivity index (χ1v) is 7.69. The third kappa shape index (κ3) is 4.24. The molecule has 0 aromatic heterocycles. The first-order valence-electron chi connectivity index (χ1n) is 4.29. The second-order valence-corrected chi connectivity index (χ2v) is 8.56. The van der Waals surface area contributed by atoms with Crippen LogP contribution in [0, 0.1) is 0 Å². The number of carboxylic acids is 1. The molecule has 4 heteroatoms. The maximum atomic E-state index is 10.9. The lowest BCUT2D eigenvalue weighted by atomic mass is 10.1. The molecule has 13 heavy (non-hydrogen) atoms. The summed E-state index contributed by atoms with van der Waals surface area (Å²) in [5.41, 5.74) is -1.17. The summed E-state index contributed by atoms with van der Waals surface area (Å²) in [5, 5.41) is 8.97. The third-order valence-electron chi connectivity index (χ3n) is 1.43. The minimum atomic E-state index is -1.82. The Hall–Kier alpha value is -0.613. The van der Waals surface area contributed by atoms with Gasteiger partial charge in [-0.1, -0.05) is 6.08 Å². The molecule has 0 aromatic carbocycles. The molecule has 0 radical (unpaired) electrons. The van der Waals surface area contributed by atoms with E-state index in [0.29, 0.717) is 0 Å². The van der Waals surface area contributed by atoms with Crippen molar-refractivity contribution in [2.75, 3.05) is 0 Å². The Balaban J connectivity index is 4.72. The molecule has 0 aliphatic rings. The fourth-order valence-corrected chi connectivity index (χ4v) is 2.53. The van der Waals surface area contributed by atoms with Crippen molar-refractivity contribution < 1.29 is 14.3 Å². The van der Waals surface area contributed by atoms with Gasteiger partial charge in [0.25, 0.3) is 0 Å². The van der Waals surface area contributed by atoms with Crippen molar-refractivity contribution in [3.8, 4) is 0 Å². The lowest BCUT2D eigenvalue weighted by Gasteiger charge is -2.29. The summed E-state index contributed by atoms with van der Waals surface area (Å²) in [7, 11) is -1.82. The summed E-state index contributed by atoms with van der Waals surface area (Å²) in [4.78, 5) is 10.9. The van der Waals surface area contributed by atoms with E-state index >= 15 is 0 Å². The average Bonchev–Trinajstić information content (AvgIpc) is 1.82. The zero-order valence-corrected chi connectivity index (χ0v) is 9.92. The van der Waals surface area contributed by atoms with Gasteiger partial charge in [-0.15, -0.1) is 0 Å². The van der Waals surface area contributed by atoms with Crippen LogP contribution in [-0.4, -0.2) is 25.0 Å². The van der Waals surface area contributed by atoms with Crippen molar-refractivity contribution in [1.29, 1.82) is 0 Å². The van der Waals surface area contributed by atoms with E-state index in [0.717, 1.165) is 0 Å². The zero-order valence-electron chi connectivity index (χ0n) is 8.92. The second kappa shape index (κ2) is 4.06. The van der Waals surface area contributed by atoms with Gasteiger partial charge >= 0.3 is 5.97 Å². The van der Waals surface area contributed by atoms with Gasteiger partial charge in [-0.05, 0) is 39.6 Å². The van der Waals surface area contributed by atoms with Crippen LogP contribution in [0.3, 0.4) is 0 Å². The fraction of sp³-hybridized carbons (Fsp3) is 0.667. The lowest BCUT2D eigenvalue weighted by Crippen LogP contribution is -2.45. The Labute approximate surface area is 80.5 Å². The van der Waals surface area contributed by atoms with Crippen LogP contribution in [0.1, 0.15) is 13.8 Å². The van der Waals surface area contributed by atoms with Crippen LogP contribution in [0.25, 0.3) is 0 Å². The molecule has 0 saturated heterocycles. The summed E-state index contributed by atoms with van der Waals surface area (Å²) in [5.74, 6) is -0.937. The first kappa shape index (κ1) is 12.4. The fourth-order valence-electron chi connectivity index (χ4n) is 1.10. The van der Waals surface area contributed by atoms with Crippen LogP contribution in [-0.2, 0) is 9.22 Å². The van der Waals surface area contributed by atoms with Crippen molar-refractivity contribution in [1.82, 2.24) is 0 Å². The Morgan fingerprint density at radius 3 is 2.15 bits per heavy atom. The van der Waals surface area contributed by atoms with Crippen molar-refractivity contribution in [3.63, 3.8) is 0 Å². The molecule has 1 N–H and O–H groups in total. The van der Waals surface area contributed by atoms with E-state index in [9.17, 15) is 4.79 Å². The summed E-state index contributed by atoms with van der Waals surface area (Å²) in [6.07, 6.45) is 3.28. The van der Waals surface area contributed by atoms with E-state index in [2.05, 4.69) is 0 Å². The predicted molar refractivity (Wildman–Crippen MR) is 55.3 cm³/mol. The van der Waals surface area contributed by atoms with Crippen LogP contribution >= 0.6 is 0 Å². The molecule has 1 atom stereocenters. The molecule has 0 aliphatic heterocycles. The summed E-state index contributed by atoms with van der Waals surface area (Å²) in [6.45, 7) is 9.27. The van der Waals surface area contributed by atoms with Crippen LogP contribution < -0.4 is 0 Å². The minimum absolute atomic E-state index is 0.937. The molecular formula is C9H18O3Si. The highest BCUT2D eigenvalue weighted by Crippen LogP contribution is 2.19. The number of allylic oxidation sites excluding steroid dienone is 1. The van der Waals surface area contributed by atoms with E-state index in [4.69, 9.17) is 9.53 Å². The maximum absolute atomic E-state index is 10.9. The molecule has 0 saturated carbocycles. The lowest BCUT2D eigenvalue weighted by molar-refractivity contribution is -0.150. The third-order valence-corrected chi connectivity index (χ3v) is 2.46. The smallest absolute Gasteiger partial charge is 0.338 e. The summed E-state index contributed by atoms with van der Waals surface area (Å²) < 4.78 is 5.58. The standard InChI is InChI=1S/C9H18O3Si/c1-6-7-9(2,8(10)11)12-13(3,4)5/h6-7H,1-5H3,(H,10,11). The predicted octanol–water partition coefficient (Wildman–Crippen LogP) is 2.26. The van der Waals surface area contributed by atoms with E-state index in [1.807, 2.05) is 19.6 Å². The summed E-state index contributed by atoms with van der Waals surface area (Å²) in [6, 6.07) is 0. The SMILES string of the molecule is CC=CC(C)(O[Si](C)(C)C)C(=O)O. The molecule has 0 rings (SSSR count). The van der Waals surface area contributed by atoms with E-state index < -0.39 is 19.9 Å². The largest absolute Gasteiger partial charge is 0.479 e. The van der Waals surface area contributed by atoms with E-state index in [1.54, 1.807) is 26.0 Å².